The van der Waals surface area contributed by atoms with Gasteiger partial charge in [-0.2, -0.15) is 0 Å². The maximum Gasteiger partial charge on any atom is 0.248 e. The van der Waals surface area contributed by atoms with Crippen molar-refractivity contribution in [3.63, 3.8) is 0 Å². The van der Waals surface area contributed by atoms with Crippen LogP contribution in [0.2, 0.25) is 0 Å². The van der Waals surface area contributed by atoms with Gasteiger partial charge in [-0.05, 0) is 60.4 Å². The van der Waals surface area contributed by atoms with Crippen molar-refractivity contribution in [2.75, 3.05) is 0 Å². The zero-order valence-corrected chi connectivity index (χ0v) is 19.8. The van der Waals surface area contributed by atoms with E-state index in [-0.39, 0.29) is 0 Å². The Kier molecular flexibility index (Phi) is 6.49. The summed E-state index contributed by atoms with van der Waals surface area (Å²) in [5.74, 6) is 1.02. The van der Waals surface area contributed by atoms with Gasteiger partial charge in [0, 0.05) is 11.1 Å². The zero-order chi connectivity index (χ0) is 24.0. The predicted octanol–water partition coefficient (Wildman–Crippen LogP) is 8.36. The second kappa shape index (κ2) is 10.2. The molecule has 5 aromatic rings. The van der Waals surface area contributed by atoms with Crippen molar-refractivity contribution >= 4 is 24.3 Å². The first-order valence-corrected chi connectivity index (χ1v) is 11.7. The molecule has 0 radical (unpaired) electrons. The first-order valence-electron chi connectivity index (χ1n) is 11.7. The summed E-state index contributed by atoms with van der Waals surface area (Å²) < 4.78 is 5.96. The Labute approximate surface area is 206 Å². The first kappa shape index (κ1) is 22.3. The van der Waals surface area contributed by atoms with E-state index in [1.165, 1.54) is 22.3 Å². The van der Waals surface area contributed by atoms with E-state index in [2.05, 4.69) is 121 Å². The molecule has 0 bridgehead atoms. The predicted molar refractivity (Wildman–Crippen MR) is 145 cm³/mol. The Hall–Kier alpha value is -4.50. The molecule has 170 valence electrons. The van der Waals surface area contributed by atoms with Crippen molar-refractivity contribution in [3.8, 4) is 22.9 Å². The smallest absolute Gasteiger partial charge is 0.248 e. The summed E-state index contributed by atoms with van der Waals surface area (Å²) in [4.78, 5) is 0. The van der Waals surface area contributed by atoms with Crippen molar-refractivity contribution in [2.24, 2.45) is 0 Å². The Morgan fingerprint density at radius 2 is 0.714 bits per heavy atom. The first-order chi connectivity index (χ1) is 17.1. The van der Waals surface area contributed by atoms with Crippen molar-refractivity contribution in [3.05, 3.63) is 130 Å². The fraction of sp³-hybridized carbons (Fsp3) is 0.0625. The maximum atomic E-state index is 5.96. The second-order valence-electron chi connectivity index (χ2n) is 8.64. The van der Waals surface area contributed by atoms with E-state index in [4.69, 9.17) is 4.42 Å². The van der Waals surface area contributed by atoms with Crippen LogP contribution in [-0.4, -0.2) is 10.2 Å². The lowest BCUT2D eigenvalue weighted by Gasteiger charge is -1.99. The number of hydrogen-bond acceptors (Lipinski definition) is 3. The van der Waals surface area contributed by atoms with Crippen LogP contribution in [0.4, 0.5) is 0 Å². The summed E-state index contributed by atoms with van der Waals surface area (Å²) in [6.07, 6.45) is 8.42. The van der Waals surface area contributed by atoms with Gasteiger partial charge in [-0.3, -0.25) is 0 Å². The molecule has 1 heterocycles. The molecule has 1 aromatic heterocycles. The lowest BCUT2D eigenvalue weighted by atomic mass is 10.1. The van der Waals surface area contributed by atoms with Gasteiger partial charge in [0.1, 0.15) is 0 Å². The SMILES string of the molecule is Cc1ccc(C=Cc2ccc(-c3nnc(-c4ccc(C=Cc5ccc(C)cc5)cc4)o3)cc2)cc1. The van der Waals surface area contributed by atoms with Crippen LogP contribution in [0, 0.1) is 13.8 Å². The maximum absolute atomic E-state index is 5.96. The molecule has 0 amide bonds. The van der Waals surface area contributed by atoms with Crippen molar-refractivity contribution in [1.29, 1.82) is 0 Å². The van der Waals surface area contributed by atoms with Crippen LogP contribution in [0.5, 0.6) is 0 Å². The highest BCUT2D eigenvalue weighted by molar-refractivity contribution is 5.72. The molecule has 0 spiro atoms. The highest BCUT2D eigenvalue weighted by Gasteiger charge is 2.10. The van der Waals surface area contributed by atoms with Gasteiger partial charge >= 0.3 is 0 Å². The second-order valence-corrected chi connectivity index (χ2v) is 8.64. The van der Waals surface area contributed by atoms with Crippen molar-refractivity contribution in [1.82, 2.24) is 10.2 Å². The van der Waals surface area contributed by atoms with Gasteiger partial charge in [0.25, 0.3) is 0 Å². The fourth-order valence-corrected chi connectivity index (χ4v) is 3.67. The van der Waals surface area contributed by atoms with Crippen LogP contribution in [-0.2, 0) is 0 Å². The summed E-state index contributed by atoms with van der Waals surface area (Å²) in [6, 6.07) is 33.2. The average molecular weight is 455 g/mol. The van der Waals surface area contributed by atoms with Crippen LogP contribution < -0.4 is 0 Å². The molecule has 0 fully saturated rings. The monoisotopic (exact) mass is 454 g/mol. The van der Waals surface area contributed by atoms with Crippen LogP contribution in [0.1, 0.15) is 33.4 Å². The molecule has 0 N–H and O–H groups in total. The minimum Gasteiger partial charge on any atom is -0.416 e. The van der Waals surface area contributed by atoms with Crippen LogP contribution >= 0.6 is 0 Å². The molecule has 0 saturated heterocycles. The molecule has 0 aliphatic heterocycles. The van der Waals surface area contributed by atoms with Crippen LogP contribution in [0.25, 0.3) is 47.2 Å². The van der Waals surface area contributed by atoms with Gasteiger partial charge < -0.3 is 4.42 Å². The zero-order valence-electron chi connectivity index (χ0n) is 19.8. The molecular weight excluding hydrogens is 428 g/mol. The minimum absolute atomic E-state index is 0.511. The Balaban J connectivity index is 1.25. The standard InChI is InChI=1S/C32H26N2O/c1-23-3-7-25(8-4-23)11-13-27-15-19-29(20-16-27)31-33-34-32(35-31)30-21-17-28(18-22-30)14-12-26-9-5-24(2)6-10-26/h3-22H,1-2H3. The van der Waals surface area contributed by atoms with Gasteiger partial charge in [-0.25, -0.2) is 0 Å². The average Bonchev–Trinajstić information content (AvgIpc) is 3.39. The third-order valence-electron chi connectivity index (χ3n) is 5.83. The van der Waals surface area contributed by atoms with E-state index in [9.17, 15) is 0 Å². The number of aromatic nitrogens is 2. The molecule has 0 atom stereocenters. The van der Waals surface area contributed by atoms with Crippen molar-refractivity contribution in [2.45, 2.75) is 13.8 Å². The molecule has 0 saturated carbocycles. The third-order valence-corrected chi connectivity index (χ3v) is 5.83. The number of hydrogen-bond donors (Lipinski definition) is 0. The summed E-state index contributed by atoms with van der Waals surface area (Å²) in [6.45, 7) is 4.19. The number of aryl methyl sites for hydroxylation is 2. The lowest BCUT2D eigenvalue weighted by molar-refractivity contribution is 0.584. The summed E-state index contributed by atoms with van der Waals surface area (Å²) in [7, 11) is 0. The van der Waals surface area contributed by atoms with E-state index in [0.717, 1.165) is 22.3 Å². The molecule has 0 unspecified atom stereocenters. The van der Waals surface area contributed by atoms with Gasteiger partial charge in [0.15, 0.2) is 0 Å². The molecular formula is C32H26N2O. The molecule has 4 aromatic carbocycles. The third kappa shape index (κ3) is 5.71. The molecule has 35 heavy (non-hydrogen) atoms. The molecule has 0 aliphatic rings. The normalized spacial score (nSPS) is 11.5. The molecule has 0 aliphatic carbocycles. The van der Waals surface area contributed by atoms with Crippen LogP contribution in [0.3, 0.4) is 0 Å². The number of benzene rings is 4. The Morgan fingerprint density at radius 3 is 1.03 bits per heavy atom. The van der Waals surface area contributed by atoms with Gasteiger partial charge in [0.2, 0.25) is 11.8 Å². The van der Waals surface area contributed by atoms with Gasteiger partial charge in [0.05, 0.1) is 0 Å². The summed E-state index contributed by atoms with van der Waals surface area (Å²) >= 11 is 0. The Bertz CT molecular complexity index is 1340. The Morgan fingerprint density at radius 1 is 0.429 bits per heavy atom. The van der Waals surface area contributed by atoms with E-state index in [1.54, 1.807) is 0 Å². The number of nitrogens with zero attached hydrogens (tertiary/aromatic N) is 2. The van der Waals surface area contributed by atoms with E-state index in [1.807, 2.05) is 24.3 Å². The largest absolute Gasteiger partial charge is 0.416 e. The summed E-state index contributed by atoms with van der Waals surface area (Å²) in [5.41, 5.74) is 8.90. The number of rotatable bonds is 6. The highest BCUT2D eigenvalue weighted by Crippen LogP contribution is 2.25. The van der Waals surface area contributed by atoms with E-state index >= 15 is 0 Å². The van der Waals surface area contributed by atoms with Crippen LogP contribution in [0.15, 0.2) is 101 Å². The molecule has 3 nitrogen and oxygen atoms in total. The quantitative estimate of drug-likeness (QED) is 0.242. The summed E-state index contributed by atoms with van der Waals surface area (Å²) in [5, 5.41) is 8.50. The van der Waals surface area contributed by atoms with Gasteiger partial charge in [-0.15, -0.1) is 10.2 Å². The molecule has 5 rings (SSSR count). The topological polar surface area (TPSA) is 38.9 Å². The van der Waals surface area contributed by atoms with E-state index < -0.39 is 0 Å². The lowest BCUT2D eigenvalue weighted by Crippen LogP contribution is -1.79. The fourth-order valence-electron chi connectivity index (χ4n) is 3.67. The minimum atomic E-state index is 0.511. The molecule has 3 heteroatoms. The van der Waals surface area contributed by atoms with Gasteiger partial charge in [-0.1, -0.05) is 108 Å². The van der Waals surface area contributed by atoms with E-state index in [0.29, 0.717) is 11.8 Å². The van der Waals surface area contributed by atoms with Crippen molar-refractivity contribution < 1.29 is 4.42 Å². The highest BCUT2D eigenvalue weighted by atomic mass is 16.4.